The van der Waals surface area contributed by atoms with Gasteiger partial charge in [0.15, 0.2) is 17.5 Å². The lowest BCUT2D eigenvalue weighted by molar-refractivity contribution is 1.08. The first kappa shape index (κ1) is 30.5. The molecular weight excluding hydrogens is 705 g/mol. The Bertz CT molecular complexity index is 3160. The van der Waals surface area contributed by atoms with Gasteiger partial charge < -0.3 is 0 Å². The third-order valence-electron chi connectivity index (χ3n) is 9.78. The van der Waals surface area contributed by atoms with Gasteiger partial charge in [-0.2, -0.15) is 0 Å². The second-order valence-corrected chi connectivity index (χ2v) is 16.2. The first-order valence-corrected chi connectivity index (χ1v) is 19.8. The predicted octanol–water partition coefficient (Wildman–Crippen LogP) is 13.6. The molecule has 0 bridgehead atoms. The summed E-state index contributed by atoms with van der Waals surface area (Å²) >= 11 is 5.34. The Morgan fingerprint density at radius 1 is 0.321 bits per heavy atom. The van der Waals surface area contributed by atoms with Crippen LogP contribution in [0.25, 0.3) is 106 Å². The molecule has 4 heterocycles. The molecule has 11 aromatic rings. The molecule has 7 aromatic carbocycles. The average Bonchev–Trinajstić information content (AvgIpc) is 3.94. The van der Waals surface area contributed by atoms with E-state index in [1.165, 1.54) is 56.2 Å². The molecule has 0 fully saturated rings. The lowest BCUT2D eigenvalue weighted by atomic mass is 10.0. The second kappa shape index (κ2) is 12.2. The molecule has 0 saturated heterocycles. The number of thiophene rings is 2. The van der Waals surface area contributed by atoms with Crippen LogP contribution in [0, 0.1) is 0 Å². The fourth-order valence-electron chi connectivity index (χ4n) is 7.19. The molecule has 0 aliphatic carbocycles. The zero-order valence-corrected chi connectivity index (χ0v) is 30.5. The topological polar surface area (TPSA) is 51.6 Å². The minimum atomic E-state index is 0.661. The van der Waals surface area contributed by atoms with Gasteiger partial charge in [0.2, 0.25) is 0 Å². The number of para-hydroxylation sites is 1. The van der Waals surface area contributed by atoms with Crippen molar-refractivity contribution in [2.45, 2.75) is 0 Å². The molecule has 0 aliphatic rings. The van der Waals surface area contributed by atoms with Crippen LogP contribution in [0.15, 0.2) is 158 Å². The number of fused-ring (bicyclic) bond motifs is 7. The van der Waals surface area contributed by atoms with Gasteiger partial charge in [0.05, 0.1) is 10.2 Å². The smallest absolute Gasteiger partial charge is 0.165 e. The van der Waals surface area contributed by atoms with Crippen LogP contribution >= 0.6 is 34.0 Å². The van der Waals surface area contributed by atoms with Crippen molar-refractivity contribution in [3.05, 3.63) is 158 Å². The average molecular weight is 731 g/mol. The number of thiazole rings is 1. The zero-order valence-electron chi connectivity index (χ0n) is 28.0. The molecular formula is C46H26N4S3. The van der Waals surface area contributed by atoms with E-state index < -0.39 is 0 Å². The zero-order chi connectivity index (χ0) is 34.9. The van der Waals surface area contributed by atoms with Gasteiger partial charge in [-0.1, -0.05) is 97.1 Å². The highest BCUT2D eigenvalue weighted by Crippen LogP contribution is 2.42. The summed E-state index contributed by atoms with van der Waals surface area (Å²) < 4.78 is 6.13. The van der Waals surface area contributed by atoms with Crippen molar-refractivity contribution in [2.24, 2.45) is 0 Å². The monoisotopic (exact) mass is 730 g/mol. The first-order chi connectivity index (χ1) is 26.2. The van der Waals surface area contributed by atoms with Gasteiger partial charge in [0.25, 0.3) is 0 Å². The standard InChI is InChI=1S/C46H26N4S3/c1-2-10-27(11-3-1)43-48-44(30-21-23-39-35(26-30)32-14-4-6-18-38(32)51-39)50-45(49-43)34-16-9-15-33-36-25-29(20-22-40(36)52-42(33)34)28-12-8-13-31(24-28)46-47-37-17-5-7-19-41(37)53-46/h1-26H. The molecule has 11 rings (SSSR count). The SMILES string of the molecule is c1ccc(-c2nc(-c3ccc4sc5ccccc5c4c3)nc(-c3cccc4c3sc3ccc(-c5cccc(-c6nc7ccccc7s6)c5)cc34)n2)cc1. The minimum Gasteiger partial charge on any atom is -0.236 e. The molecule has 0 atom stereocenters. The van der Waals surface area contributed by atoms with Crippen LogP contribution in [0.2, 0.25) is 0 Å². The fourth-order valence-corrected chi connectivity index (χ4v) is 10.4. The first-order valence-electron chi connectivity index (χ1n) is 17.4. The Labute approximate surface area is 316 Å². The van der Waals surface area contributed by atoms with Crippen LogP contribution in [0.3, 0.4) is 0 Å². The fraction of sp³-hybridized carbons (Fsp3) is 0. The van der Waals surface area contributed by atoms with E-state index in [0.717, 1.165) is 32.8 Å². The highest BCUT2D eigenvalue weighted by atomic mass is 32.1. The Hall–Kier alpha value is -6.12. The summed E-state index contributed by atoms with van der Waals surface area (Å²) in [6.07, 6.45) is 0. The van der Waals surface area contributed by atoms with E-state index in [1.54, 1.807) is 22.7 Å². The summed E-state index contributed by atoms with van der Waals surface area (Å²) in [6.45, 7) is 0. The van der Waals surface area contributed by atoms with Crippen molar-refractivity contribution in [3.8, 4) is 55.9 Å². The Kier molecular flexibility index (Phi) is 7.05. The number of benzene rings is 7. The second-order valence-electron chi connectivity index (χ2n) is 13.0. The summed E-state index contributed by atoms with van der Waals surface area (Å²) in [6, 6.07) is 55.7. The van der Waals surface area contributed by atoms with Gasteiger partial charge in [0.1, 0.15) is 5.01 Å². The van der Waals surface area contributed by atoms with E-state index in [4.69, 9.17) is 19.9 Å². The van der Waals surface area contributed by atoms with E-state index in [-0.39, 0.29) is 0 Å². The molecule has 0 N–H and O–H groups in total. The van der Waals surface area contributed by atoms with Crippen LogP contribution in [0.4, 0.5) is 0 Å². The van der Waals surface area contributed by atoms with Crippen molar-refractivity contribution in [2.75, 3.05) is 0 Å². The van der Waals surface area contributed by atoms with Gasteiger partial charge in [-0.15, -0.1) is 34.0 Å². The van der Waals surface area contributed by atoms with E-state index in [2.05, 4.69) is 133 Å². The van der Waals surface area contributed by atoms with Gasteiger partial charge in [0, 0.05) is 62.6 Å². The van der Waals surface area contributed by atoms with Crippen molar-refractivity contribution >= 4 is 84.6 Å². The molecule has 0 spiro atoms. The highest BCUT2D eigenvalue weighted by molar-refractivity contribution is 7.26. The quantitative estimate of drug-likeness (QED) is 0.177. The van der Waals surface area contributed by atoms with Crippen molar-refractivity contribution in [3.63, 3.8) is 0 Å². The molecule has 0 radical (unpaired) electrons. The third-order valence-corrected chi connectivity index (χ3v) is 13.2. The van der Waals surface area contributed by atoms with Crippen molar-refractivity contribution in [1.82, 2.24) is 19.9 Å². The molecule has 4 aromatic heterocycles. The van der Waals surface area contributed by atoms with Crippen molar-refractivity contribution < 1.29 is 0 Å². The van der Waals surface area contributed by atoms with Gasteiger partial charge in [-0.3, -0.25) is 0 Å². The molecule has 53 heavy (non-hydrogen) atoms. The van der Waals surface area contributed by atoms with Gasteiger partial charge in [-0.05, 0) is 71.8 Å². The van der Waals surface area contributed by atoms with E-state index in [9.17, 15) is 0 Å². The van der Waals surface area contributed by atoms with Crippen LogP contribution in [0.5, 0.6) is 0 Å². The van der Waals surface area contributed by atoms with Crippen molar-refractivity contribution in [1.29, 1.82) is 0 Å². The van der Waals surface area contributed by atoms with E-state index in [0.29, 0.717) is 17.5 Å². The predicted molar refractivity (Wildman–Crippen MR) is 226 cm³/mol. The summed E-state index contributed by atoms with van der Waals surface area (Å²) in [5, 5.41) is 5.93. The maximum Gasteiger partial charge on any atom is 0.165 e. The summed E-state index contributed by atoms with van der Waals surface area (Å²) in [7, 11) is 0. The molecule has 4 nitrogen and oxygen atoms in total. The lowest BCUT2D eigenvalue weighted by Crippen LogP contribution is -2.00. The molecule has 0 unspecified atom stereocenters. The van der Waals surface area contributed by atoms with Gasteiger partial charge in [-0.25, -0.2) is 19.9 Å². The number of aromatic nitrogens is 4. The molecule has 0 aliphatic heterocycles. The highest BCUT2D eigenvalue weighted by Gasteiger charge is 2.18. The Balaban J connectivity index is 1.04. The van der Waals surface area contributed by atoms with Crippen LogP contribution in [-0.4, -0.2) is 19.9 Å². The number of nitrogens with zero attached hydrogens (tertiary/aromatic N) is 4. The Morgan fingerprint density at radius 3 is 1.81 bits per heavy atom. The van der Waals surface area contributed by atoms with Gasteiger partial charge >= 0.3 is 0 Å². The Morgan fingerprint density at radius 2 is 0.925 bits per heavy atom. The maximum atomic E-state index is 5.19. The molecule has 0 amide bonds. The van der Waals surface area contributed by atoms with E-state index in [1.807, 2.05) is 35.6 Å². The number of hydrogen-bond donors (Lipinski definition) is 0. The molecule has 0 saturated carbocycles. The lowest BCUT2D eigenvalue weighted by Gasteiger charge is -2.09. The summed E-state index contributed by atoms with van der Waals surface area (Å²) in [4.78, 5) is 20.3. The third kappa shape index (κ3) is 5.24. The minimum absolute atomic E-state index is 0.661. The number of rotatable bonds is 5. The normalized spacial score (nSPS) is 11.8. The van der Waals surface area contributed by atoms with Crippen LogP contribution < -0.4 is 0 Å². The largest absolute Gasteiger partial charge is 0.236 e. The molecule has 248 valence electrons. The summed E-state index contributed by atoms with van der Waals surface area (Å²) in [5.41, 5.74) is 7.46. The molecule has 7 heteroatoms. The number of hydrogen-bond acceptors (Lipinski definition) is 7. The van der Waals surface area contributed by atoms with E-state index >= 15 is 0 Å². The maximum absolute atomic E-state index is 5.19. The van der Waals surface area contributed by atoms with Crippen LogP contribution in [-0.2, 0) is 0 Å². The summed E-state index contributed by atoms with van der Waals surface area (Å²) in [5.74, 6) is 2.00. The van der Waals surface area contributed by atoms with Crippen LogP contribution in [0.1, 0.15) is 0 Å².